The number of carbonyl (C=O) groups is 4. The molecule has 0 aliphatic carbocycles. The molecule has 7 N–H and O–H groups in total. The molecule has 4 atom stereocenters. The summed E-state index contributed by atoms with van der Waals surface area (Å²) < 4.78 is 0. The van der Waals surface area contributed by atoms with Crippen molar-refractivity contribution in [2.75, 3.05) is 0 Å². The number of nitrogens with zero attached hydrogens (tertiary/aromatic N) is 1. The molecule has 0 saturated carbocycles. The Morgan fingerprint density at radius 1 is 0.919 bits per heavy atom. The van der Waals surface area contributed by atoms with Gasteiger partial charge >= 0.3 is 5.97 Å². The van der Waals surface area contributed by atoms with E-state index in [9.17, 15) is 24.3 Å². The molecule has 1 aromatic carbocycles. The number of aromatic nitrogens is 2. The van der Waals surface area contributed by atoms with E-state index in [1.165, 1.54) is 12.5 Å². The third-order valence-corrected chi connectivity index (χ3v) is 5.82. The van der Waals surface area contributed by atoms with E-state index >= 15 is 0 Å². The van der Waals surface area contributed by atoms with Crippen LogP contribution in [0.15, 0.2) is 42.9 Å². The SMILES string of the molecule is CC(C)C[C@H](N)C(=O)N[C@H](C(=O)N[C@@H](Cc1cnc[nH]1)C(=O)N[C@@H](Cc1ccccc1)C(=O)O)C(C)C. The van der Waals surface area contributed by atoms with Gasteiger partial charge < -0.3 is 31.8 Å². The van der Waals surface area contributed by atoms with Crippen LogP contribution < -0.4 is 21.7 Å². The van der Waals surface area contributed by atoms with Gasteiger partial charge in [-0.1, -0.05) is 58.0 Å². The van der Waals surface area contributed by atoms with Crippen molar-refractivity contribution in [2.24, 2.45) is 17.6 Å². The lowest BCUT2D eigenvalue weighted by Gasteiger charge is -2.27. The summed E-state index contributed by atoms with van der Waals surface area (Å²) in [6, 6.07) is 4.88. The molecule has 37 heavy (non-hydrogen) atoms. The van der Waals surface area contributed by atoms with Crippen LogP contribution in [0.3, 0.4) is 0 Å². The Hall–Kier alpha value is -3.73. The summed E-state index contributed by atoms with van der Waals surface area (Å²) in [6.07, 6.45) is 3.53. The van der Waals surface area contributed by atoms with E-state index in [1.807, 2.05) is 19.9 Å². The van der Waals surface area contributed by atoms with E-state index in [0.717, 1.165) is 5.56 Å². The Kier molecular flexibility index (Phi) is 11.3. The maximum Gasteiger partial charge on any atom is 0.326 e. The summed E-state index contributed by atoms with van der Waals surface area (Å²) >= 11 is 0. The number of carboxylic acid groups (broad SMARTS) is 1. The second kappa shape index (κ2) is 14.1. The van der Waals surface area contributed by atoms with E-state index in [-0.39, 0.29) is 24.7 Å². The number of hydrogen-bond acceptors (Lipinski definition) is 6. The second-order valence-corrected chi connectivity index (χ2v) is 9.90. The van der Waals surface area contributed by atoms with E-state index in [4.69, 9.17) is 5.73 Å². The van der Waals surface area contributed by atoms with Gasteiger partial charge in [0.1, 0.15) is 18.1 Å². The van der Waals surface area contributed by atoms with Crippen LogP contribution in [-0.2, 0) is 32.0 Å². The van der Waals surface area contributed by atoms with Crippen molar-refractivity contribution in [3.63, 3.8) is 0 Å². The van der Waals surface area contributed by atoms with Crippen molar-refractivity contribution in [3.05, 3.63) is 54.1 Å². The zero-order valence-electron chi connectivity index (χ0n) is 21.7. The first kappa shape index (κ1) is 29.5. The lowest BCUT2D eigenvalue weighted by molar-refractivity contribution is -0.142. The van der Waals surface area contributed by atoms with Crippen molar-refractivity contribution >= 4 is 23.7 Å². The molecule has 0 aliphatic heterocycles. The number of carboxylic acids is 1. The molecular weight excluding hydrogens is 476 g/mol. The van der Waals surface area contributed by atoms with Crippen molar-refractivity contribution in [2.45, 2.75) is 71.1 Å². The molecule has 2 rings (SSSR count). The summed E-state index contributed by atoms with van der Waals surface area (Å²) in [6.45, 7) is 7.42. The van der Waals surface area contributed by atoms with Crippen LogP contribution in [0.2, 0.25) is 0 Å². The zero-order valence-corrected chi connectivity index (χ0v) is 21.7. The first-order valence-electron chi connectivity index (χ1n) is 12.4. The smallest absolute Gasteiger partial charge is 0.326 e. The molecule has 1 aromatic heterocycles. The number of aromatic amines is 1. The lowest BCUT2D eigenvalue weighted by Crippen LogP contribution is -2.59. The van der Waals surface area contributed by atoms with Crippen molar-refractivity contribution in [1.29, 1.82) is 0 Å². The maximum absolute atomic E-state index is 13.2. The van der Waals surface area contributed by atoms with Crippen LogP contribution in [0.1, 0.15) is 45.4 Å². The number of H-pyrrole nitrogens is 1. The number of amides is 3. The number of rotatable bonds is 14. The number of benzene rings is 1. The van der Waals surface area contributed by atoms with E-state index < -0.39 is 47.9 Å². The van der Waals surface area contributed by atoms with Crippen LogP contribution in [0.25, 0.3) is 0 Å². The van der Waals surface area contributed by atoms with Gasteiger partial charge in [0.2, 0.25) is 17.7 Å². The van der Waals surface area contributed by atoms with Gasteiger partial charge in [0, 0.05) is 24.7 Å². The minimum Gasteiger partial charge on any atom is -0.480 e. The van der Waals surface area contributed by atoms with Crippen LogP contribution in [0, 0.1) is 11.8 Å². The summed E-state index contributed by atoms with van der Waals surface area (Å²) in [5.74, 6) is -2.99. The molecule has 0 fully saturated rings. The Morgan fingerprint density at radius 2 is 1.57 bits per heavy atom. The molecule has 0 saturated heterocycles. The molecule has 11 heteroatoms. The van der Waals surface area contributed by atoms with Crippen LogP contribution in [-0.4, -0.2) is 62.9 Å². The maximum atomic E-state index is 13.2. The first-order chi connectivity index (χ1) is 17.5. The fourth-order valence-corrected chi connectivity index (χ4v) is 3.82. The Morgan fingerprint density at radius 3 is 2.11 bits per heavy atom. The van der Waals surface area contributed by atoms with E-state index in [0.29, 0.717) is 12.1 Å². The molecule has 0 unspecified atom stereocenters. The van der Waals surface area contributed by atoms with Gasteiger partial charge in [-0.3, -0.25) is 14.4 Å². The molecule has 0 radical (unpaired) electrons. The van der Waals surface area contributed by atoms with Gasteiger partial charge in [0.25, 0.3) is 0 Å². The topological polar surface area (TPSA) is 179 Å². The van der Waals surface area contributed by atoms with E-state index in [2.05, 4.69) is 25.9 Å². The molecule has 1 heterocycles. The molecule has 0 spiro atoms. The van der Waals surface area contributed by atoms with Gasteiger partial charge in [0.05, 0.1) is 12.4 Å². The number of carbonyl (C=O) groups excluding carboxylic acids is 3. The molecule has 3 amide bonds. The number of aliphatic carboxylic acids is 1. The molecular formula is C26H38N6O5. The number of hydrogen-bond donors (Lipinski definition) is 6. The number of nitrogens with two attached hydrogens (primary N) is 1. The summed E-state index contributed by atoms with van der Waals surface area (Å²) in [5.41, 5.74) is 7.29. The molecule has 11 nitrogen and oxygen atoms in total. The predicted octanol–water partition coefficient (Wildman–Crippen LogP) is 0.763. The zero-order chi connectivity index (χ0) is 27.5. The van der Waals surface area contributed by atoms with Gasteiger partial charge in [-0.2, -0.15) is 0 Å². The summed E-state index contributed by atoms with van der Waals surface area (Å²) in [4.78, 5) is 57.8. The Balaban J connectivity index is 2.18. The largest absolute Gasteiger partial charge is 0.480 e. The van der Waals surface area contributed by atoms with Gasteiger partial charge in [-0.15, -0.1) is 0 Å². The molecule has 0 bridgehead atoms. The highest BCUT2D eigenvalue weighted by molar-refractivity contribution is 5.94. The minimum atomic E-state index is -1.20. The van der Waals surface area contributed by atoms with Crippen LogP contribution >= 0.6 is 0 Å². The van der Waals surface area contributed by atoms with Crippen LogP contribution in [0.5, 0.6) is 0 Å². The second-order valence-electron chi connectivity index (χ2n) is 9.90. The third kappa shape index (κ3) is 9.68. The fraction of sp³-hybridized carbons (Fsp3) is 0.500. The van der Waals surface area contributed by atoms with Crippen molar-refractivity contribution in [1.82, 2.24) is 25.9 Å². The van der Waals surface area contributed by atoms with Crippen LogP contribution in [0.4, 0.5) is 0 Å². The first-order valence-corrected chi connectivity index (χ1v) is 12.4. The van der Waals surface area contributed by atoms with Gasteiger partial charge in [-0.25, -0.2) is 9.78 Å². The summed E-state index contributed by atoms with van der Waals surface area (Å²) in [7, 11) is 0. The number of nitrogens with one attached hydrogen (secondary N) is 4. The van der Waals surface area contributed by atoms with Crippen molar-refractivity contribution in [3.8, 4) is 0 Å². The highest BCUT2D eigenvalue weighted by atomic mass is 16.4. The average molecular weight is 515 g/mol. The third-order valence-electron chi connectivity index (χ3n) is 5.82. The minimum absolute atomic E-state index is 0.0425. The quantitative estimate of drug-likeness (QED) is 0.215. The molecule has 2 aromatic rings. The van der Waals surface area contributed by atoms with E-state index in [1.54, 1.807) is 38.1 Å². The lowest BCUT2D eigenvalue weighted by atomic mass is 9.99. The Labute approximate surface area is 217 Å². The monoisotopic (exact) mass is 514 g/mol. The highest BCUT2D eigenvalue weighted by Crippen LogP contribution is 2.09. The number of imidazole rings is 1. The van der Waals surface area contributed by atoms with Gasteiger partial charge in [-0.05, 0) is 23.8 Å². The summed E-state index contributed by atoms with van der Waals surface area (Å²) in [5, 5.41) is 17.6. The normalized spacial score (nSPS) is 14.5. The standard InChI is InChI=1S/C26H38N6O5/c1-15(2)10-19(27)23(33)32-22(16(3)4)25(35)30-20(12-18-13-28-14-29-18)24(34)31-21(26(36)37)11-17-8-6-5-7-9-17/h5-9,13-16,19-22H,10-12,27H2,1-4H3,(H,28,29)(H,30,35)(H,31,34)(H,32,33)(H,36,37)/t19-,20-,21-,22-/m0/s1. The molecule has 202 valence electrons. The predicted molar refractivity (Wildman–Crippen MR) is 138 cm³/mol. The fourth-order valence-electron chi connectivity index (χ4n) is 3.82. The average Bonchev–Trinajstić information content (AvgIpc) is 3.34. The van der Waals surface area contributed by atoms with Gasteiger partial charge in [0.15, 0.2) is 0 Å². The Bertz CT molecular complexity index is 1030. The van der Waals surface area contributed by atoms with Crippen molar-refractivity contribution < 1.29 is 24.3 Å². The highest BCUT2D eigenvalue weighted by Gasteiger charge is 2.32. The molecule has 0 aliphatic rings.